The summed E-state index contributed by atoms with van der Waals surface area (Å²) in [7, 11) is 1.26. The lowest BCUT2D eigenvalue weighted by molar-refractivity contribution is -0.535. The lowest BCUT2D eigenvalue weighted by Crippen LogP contribution is -2.48. The molecule has 0 amide bonds. The molecule has 1 N–H and O–H groups in total. The first-order valence-electron chi connectivity index (χ1n) is 10.2. The van der Waals surface area contributed by atoms with Gasteiger partial charge >= 0.3 is 5.97 Å². The third kappa shape index (κ3) is 4.94. The Morgan fingerprint density at radius 3 is 2.68 bits per heavy atom. The van der Waals surface area contributed by atoms with E-state index >= 15 is 0 Å². The van der Waals surface area contributed by atoms with Crippen molar-refractivity contribution in [3.8, 4) is 0 Å². The van der Waals surface area contributed by atoms with Gasteiger partial charge in [0.25, 0.3) is 0 Å². The van der Waals surface area contributed by atoms with Crippen LogP contribution in [-0.2, 0) is 20.9 Å². The fourth-order valence-corrected chi connectivity index (χ4v) is 4.95. The predicted octanol–water partition coefficient (Wildman–Crippen LogP) is 3.97. The minimum absolute atomic E-state index is 0.0420. The first kappa shape index (κ1) is 23.3. The standard InChI is InChI=1S/C22H27FN2O5S/c1-4-13(2)21(30-11-14-7-5-6-8-16(14)23)17-19(22(26)29-3)24-18(20(17)25(27)28)15-9-10-31-12-15/h5-10,12-13,17-21,24H,4,11H2,1-3H3/t13-,17+,18-,19-,20-,21-/m0/s1. The van der Waals surface area contributed by atoms with Gasteiger partial charge in [-0.25, -0.2) is 4.39 Å². The normalized spacial score (nSPS) is 25.2. The van der Waals surface area contributed by atoms with Crippen LogP contribution in [0.15, 0.2) is 41.1 Å². The number of benzene rings is 1. The van der Waals surface area contributed by atoms with Crippen LogP contribution in [0.4, 0.5) is 4.39 Å². The van der Waals surface area contributed by atoms with Crippen LogP contribution in [0, 0.1) is 27.8 Å². The van der Waals surface area contributed by atoms with Crippen molar-refractivity contribution in [2.24, 2.45) is 11.8 Å². The summed E-state index contributed by atoms with van der Waals surface area (Å²) in [5.41, 5.74) is 1.11. The zero-order valence-corrected chi connectivity index (χ0v) is 18.5. The van der Waals surface area contributed by atoms with E-state index in [-0.39, 0.29) is 17.4 Å². The Kier molecular flexibility index (Phi) is 7.74. The second kappa shape index (κ2) is 10.3. The van der Waals surface area contributed by atoms with Gasteiger partial charge in [-0.15, -0.1) is 0 Å². The molecule has 1 aromatic carbocycles. The van der Waals surface area contributed by atoms with Crippen LogP contribution >= 0.6 is 11.3 Å². The van der Waals surface area contributed by atoms with Gasteiger partial charge in [0.2, 0.25) is 6.04 Å². The average molecular weight is 451 g/mol. The van der Waals surface area contributed by atoms with Gasteiger partial charge in [0.05, 0.1) is 25.7 Å². The fourth-order valence-electron chi connectivity index (χ4n) is 4.25. The highest BCUT2D eigenvalue weighted by atomic mass is 32.1. The van der Waals surface area contributed by atoms with Crippen LogP contribution in [0.25, 0.3) is 0 Å². The van der Waals surface area contributed by atoms with E-state index in [4.69, 9.17) is 9.47 Å². The van der Waals surface area contributed by atoms with Crippen LogP contribution in [0.2, 0.25) is 0 Å². The number of esters is 1. The van der Waals surface area contributed by atoms with Crippen molar-refractivity contribution in [1.82, 2.24) is 5.32 Å². The number of hydrogen-bond donors (Lipinski definition) is 1. The summed E-state index contributed by atoms with van der Waals surface area (Å²) in [6.45, 7) is 3.84. The quantitative estimate of drug-likeness (QED) is 0.353. The summed E-state index contributed by atoms with van der Waals surface area (Å²) in [6.07, 6.45) is 0.0279. The monoisotopic (exact) mass is 450 g/mol. The molecule has 7 nitrogen and oxygen atoms in total. The highest BCUT2D eigenvalue weighted by Crippen LogP contribution is 2.40. The minimum atomic E-state index is -1.10. The topological polar surface area (TPSA) is 90.7 Å². The fraction of sp³-hybridized carbons (Fsp3) is 0.500. The molecule has 1 aromatic heterocycles. The number of nitro groups is 1. The van der Waals surface area contributed by atoms with Crippen LogP contribution in [0.1, 0.15) is 37.4 Å². The van der Waals surface area contributed by atoms with E-state index in [2.05, 4.69) is 5.32 Å². The Bertz CT molecular complexity index is 894. The molecular weight excluding hydrogens is 423 g/mol. The SMILES string of the molecule is CC[C@H](C)[C@H](OCc1ccccc1F)[C@H]1[C@H]([N+](=O)[O-])[C@H](c2ccsc2)N[C@@H]1C(=O)OC. The van der Waals surface area contributed by atoms with Gasteiger partial charge in [-0.3, -0.25) is 20.2 Å². The number of carbonyl (C=O) groups is 1. The molecule has 2 heterocycles. The molecule has 0 aliphatic carbocycles. The van der Waals surface area contributed by atoms with Gasteiger partial charge in [0.1, 0.15) is 17.9 Å². The van der Waals surface area contributed by atoms with Gasteiger partial charge in [0.15, 0.2) is 0 Å². The second-order valence-corrected chi connectivity index (χ2v) is 8.59. The summed E-state index contributed by atoms with van der Waals surface area (Å²) in [5.74, 6) is -1.86. The van der Waals surface area contributed by atoms with E-state index in [1.54, 1.807) is 18.2 Å². The molecule has 0 radical (unpaired) electrons. The van der Waals surface area contributed by atoms with Gasteiger partial charge in [-0.1, -0.05) is 38.5 Å². The molecular formula is C22H27FN2O5S. The van der Waals surface area contributed by atoms with Crippen molar-refractivity contribution in [3.63, 3.8) is 0 Å². The second-order valence-electron chi connectivity index (χ2n) is 7.81. The summed E-state index contributed by atoms with van der Waals surface area (Å²) >= 11 is 1.43. The molecule has 0 unspecified atom stereocenters. The minimum Gasteiger partial charge on any atom is -0.468 e. The van der Waals surface area contributed by atoms with Crippen molar-refractivity contribution in [2.75, 3.05) is 7.11 Å². The lowest BCUT2D eigenvalue weighted by atomic mass is 9.81. The maximum Gasteiger partial charge on any atom is 0.323 e. The average Bonchev–Trinajstić information content (AvgIpc) is 3.42. The van der Waals surface area contributed by atoms with Crippen molar-refractivity contribution in [1.29, 1.82) is 0 Å². The van der Waals surface area contributed by atoms with Gasteiger partial charge < -0.3 is 9.47 Å². The Hall–Kier alpha value is -2.36. The molecule has 2 aromatic rings. The first-order valence-corrected chi connectivity index (χ1v) is 11.2. The Morgan fingerprint density at radius 2 is 2.10 bits per heavy atom. The summed E-state index contributed by atoms with van der Waals surface area (Å²) in [5, 5.41) is 19.0. The number of methoxy groups -OCH3 is 1. The largest absolute Gasteiger partial charge is 0.468 e. The summed E-state index contributed by atoms with van der Waals surface area (Å²) in [6, 6.07) is 5.41. The van der Waals surface area contributed by atoms with Crippen LogP contribution in [-0.4, -0.2) is 36.2 Å². The summed E-state index contributed by atoms with van der Waals surface area (Å²) in [4.78, 5) is 24.5. The van der Waals surface area contributed by atoms with E-state index in [1.165, 1.54) is 24.5 Å². The van der Waals surface area contributed by atoms with E-state index in [0.717, 1.165) is 5.56 Å². The molecule has 1 aliphatic rings. The first-order chi connectivity index (χ1) is 14.9. The Balaban J connectivity index is 1.98. The number of thiophene rings is 1. The highest BCUT2D eigenvalue weighted by Gasteiger charge is 2.58. The maximum absolute atomic E-state index is 14.1. The molecule has 9 heteroatoms. The number of hydrogen-bond acceptors (Lipinski definition) is 7. The molecule has 6 atom stereocenters. The molecule has 1 aliphatic heterocycles. The number of halogens is 1. The number of nitrogens with zero attached hydrogens (tertiary/aromatic N) is 1. The van der Waals surface area contributed by atoms with Crippen molar-refractivity contribution in [2.45, 2.75) is 51.1 Å². The molecule has 0 bridgehead atoms. The Labute approximate surface area is 184 Å². The molecule has 1 saturated heterocycles. The molecule has 0 saturated carbocycles. The molecule has 3 rings (SSSR count). The van der Waals surface area contributed by atoms with Crippen molar-refractivity contribution in [3.05, 3.63) is 68.2 Å². The van der Waals surface area contributed by atoms with Gasteiger partial charge in [0, 0.05) is 10.5 Å². The Morgan fingerprint density at radius 1 is 1.35 bits per heavy atom. The van der Waals surface area contributed by atoms with E-state index in [0.29, 0.717) is 12.0 Å². The van der Waals surface area contributed by atoms with Crippen molar-refractivity contribution < 1.29 is 23.6 Å². The zero-order valence-electron chi connectivity index (χ0n) is 17.7. The number of nitrogens with one attached hydrogen (secondary N) is 1. The zero-order chi connectivity index (χ0) is 22.5. The number of ether oxygens (including phenoxy) is 2. The maximum atomic E-state index is 14.1. The van der Waals surface area contributed by atoms with E-state index in [9.17, 15) is 19.3 Å². The van der Waals surface area contributed by atoms with Crippen LogP contribution < -0.4 is 5.32 Å². The van der Waals surface area contributed by atoms with Crippen LogP contribution in [0.5, 0.6) is 0 Å². The molecule has 1 fully saturated rings. The molecule has 0 spiro atoms. The summed E-state index contributed by atoms with van der Waals surface area (Å²) < 4.78 is 25.2. The molecule has 168 valence electrons. The van der Waals surface area contributed by atoms with E-state index in [1.807, 2.05) is 30.7 Å². The highest BCUT2D eigenvalue weighted by molar-refractivity contribution is 7.08. The molecule has 31 heavy (non-hydrogen) atoms. The predicted molar refractivity (Wildman–Crippen MR) is 115 cm³/mol. The third-order valence-corrected chi connectivity index (χ3v) is 6.76. The number of carbonyl (C=O) groups excluding carboxylic acids is 1. The number of rotatable bonds is 9. The third-order valence-electron chi connectivity index (χ3n) is 6.05. The van der Waals surface area contributed by atoms with Crippen LogP contribution in [0.3, 0.4) is 0 Å². The lowest BCUT2D eigenvalue weighted by Gasteiger charge is -2.32. The van der Waals surface area contributed by atoms with E-state index < -0.39 is 41.9 Å². The van der Waals surface area contributed by atoms with Crippen molar-refractivity contribution >= 4 is 17.3 Å². The van der Waals surface area contributed by atoms with Gasteiger partial charge in [-0.2, -0.15) is 11.3 Å². The smallest absolute Gasteiger partial charge is 0.323 e. The van der Waals surface area contributed by atoms with Gasteiger partial charge in [-0.05, 0) is 34.4 Å².